The molecule has 0 aromatic carbocycles. The van der Waals surface area contributed by atoms with Crippen LogP contribution in [0.15, 0.2) is 12.2 Å². The molecule has 6 nitrogen and oxygen atoms in total. The summed E-state index contributed by atoms with van der Waals surface area (Å²) in [6, 6.07) is -0.559. The van der Waals surface area contributed by atoms with Gasteiger partial charge in [0.1, 0.15) is 0 Å². The molecule has 0 aromatic rings. The number of carbonyl (C=O) groups excluding carboxylic acids is 2. The highest BCUT2D eigenvalue weighted by molar-refractivity contribution is 5.76. The van der Waals surface area contributed by atoms with E-state index in [9.17, 15) is 19.8 Å². The van der Waals surface area contributed by atoms with Crippen molar-refractivity contribution in [3.05, 3.63) is 12.2 Å². The van der Waals surface area contributed by atoms with Gasteiger partial charge in [0.05, 0.1) is 25.4 Å². The highest BCUT2D eigenvalue weighted by Crippen LogP contribution is 2.17. The molecule has 0 spiro atoms. The van der Waals surface area contributed by atoms with E-state index in [1.165, 1.54) is 186 Å². The second kappa shape index (κ2) is 50.2. The first-order valence-corrected chi connectivity index (χ1v) is 26.9. The van der Waals surface area contributed by atoms with Gasteiger partial charge in [-0.25, -0.2) is 0 Å². The number of nitrogens with one attached hydrogen (secondary N) is 1. The molecule has 0 rings (SSSR count). The second-order valence-corrected chi connectivity index (χ2v) is 18.6. The lowest BCUT2D eigenvalue weighted by atomic mass is 10.0. The van der Waals surface area contributed by atoms with Crippen LogP contribution in [0.25, 0.3) is 0 Å². The maximum absolute atomic E-state index is 12.5. The molecule has 0 bridgehead atoms. The lowest BCUT2D eigenvalue weighted by Crippen LogP contribution is -2.45. The number of aliphatic hydroxyl groups is 2. The highest BCUT2D eigenvalue weighted by atomic mass is 16.5. The Hall–Kier alpha value is -1.40. The van der Waals surface area contributed by atoms with Crippen LogP contribution in [-0.4, -0.2) is 47.4 Å². The molecular formula is C54H105NO5. The van der Waals surface area contributed by atoms with Gasteiger partial charge in [-0.15, -0.1) is 0 Å². The van der Waals surface area contributed by atoms with Gasteiger partial charge in [0.2, 0.25) is 5.91 Å². The second-order valence-electron chi connectivity index (χ2n) is 18.6. The Balaban J connectivity index is 3.50. The minimum atomic E-state index is -0.679. The zero-order valence-electron chi connectivity index (χ0n) is 40.5. The van der Waals surface area contributed by atoms with Crippen molar-refractivity contribution in [3.8, 4) is 0 Å². The van der Waals surface area contributed by atoms with Gasteiger partial charge in [-0.3, -0.25) is 9.59 Å². The quantitative estimate of drug-likeness (QED) is 0.0322. The SMILES string of the molecule is CCCCCCCCCCCCCCCCCCCCCC(O)C(CO)NC(=O)CCCCCCC/C=C\CCCCCOC(=O)CCCCCCCCCCCCCC. The van der Waals surface area contributed by atoms with E-state index in [0.29, 0.717) is 25.9 Å². The Morgan fingerprint density at radius 1 is 0.450 bits per heavy atom. The Morgan fingerprint density at radius 2 is 0.783 bits per heavy atom. The van der Waals surface area contributed by atoms with Crippen LogP contribution in [0, 0.1) is 0 Å². The summed E-state index contributed by atoms with van der Waals surface area (Å²) in [6.07, 6.45) is 57.6. The van der Waals surface area contributed by atoms with E-state index in [-0.39, 0.29) is 18.5 Å². The minimum Gasteiger partial charge on any atom is -0.466 e. The molecule has 0 aromatic heterocycles. The topological polar surface area (TPSA) is 95.9 Å². The van der Waals surface area contributed by atoms with Crippen molar-refractivity contribution in [2.75, 3.05) is 13.2 Å². The van der Waals surface area contributed by atoms with Gasteiger partial charge in [-0.05, 0) is 57.8 Å². The molecule has 0 heterocycles. The maximum Gasteiger partial charge on any atom is 0.305 e. The third-order valence-electron chi connectivity index (χ3n) is 12.6. The average molecular weight is 848 g/mol. The van der Waals surface area contributed by atoms with Crippen LogP contribution in [0.5, 0.6) is 0 Å². The fourth-order valence-corrected chi connectivity index (χ4v) is 8.40. The van der Waals surface area contributed by atoms with E-state index in [4.69, 9.17) is 4.74 Å². The van der Waals surface area contributed by atoms with Crippen LogP contribution in [0.4, 0.5) is 0 Å². The number of esters is 1. The number of hydrogen-bond acceptors (Lipinski definition) is 5. The van der Waals surface area contributed by atoms with Gasteiger partial charge in [-0.2, -0.15) is 0 Å². The van der Waals surface area contributed by atoms with E-state index >= 15 is 0 Å². The molecule has 0 aliphatic heterocycles. The summed E-state index contributed by atoms with van der Waals surface area (Å²) < 4.78 is 5.44. The van der Waals surface area contributed by atoms with Crippen LogP contribution in [0.3, 0.4) is 0 Å². The first-order chi connectivity index (χ1) is 29.5. The summed E-state index contributed by atoms with van der Waals surface area (Å²) >= 11 is 0. The normalized spacial score (nSPS) is 12.7. The number of unbranched alkanes of at least 4 members (excludes halogenated alkanes) is 37. The standard InChI is InChI=1S/C54H105NO5/c1-3-5-7-9-11-13-15-17-18-19-20-21-22-23-26-30-34-38-42-46-52(57)51(50-56)55-53(58)47-43-39-35-31-27-24-25-29-33-37-41-45-49-60-54(59)48-44-40-36-32-28-16-14-12-10-8-6-4-2/h25,29,51-52,56-57H,3-24,26-28,30-50H2,1-2H3,(H,55,58)/b29-25-. The summed E-state index contributed by atoms with van der Waals surface area (Å²) in [6.45, 7) is 4.91. The van der Waals surface area contributed by atoms with Crippen LogP contribution in [0.1, 0.15) is 296 Å². The van der Waals surface area contributed by atoms with E-state index in [1.54, 1.807) is 0 Å². The molecule has 60 heavy (non-hydrogen) atoms. The molecule has 2 unspecified atom stereocenters. The monoisotopic (exact) mass is 848 g/mol. The van der Waals surface area contributed by atoms with Crippen molar-refractivity contribution >= 4 is 11.9 Å². The van der Waals surface area contributed by atoms with Crippen LogP contribution < -0.4 is 5.32 Å². The van der Waals surface area contributed by atoms with Crippen LogP contribution in [-0.2, 0) is 14.3 Å². The van der Waals surface area contributed by atoms with Gasteiger partial charge in [0.15, 0.2) is 0 Å². The molecule has 1 amide bonds. The molecule has 3 N–H and O–H groups in total. The molecule has 0 radical (unpaired) electrons. The van der Waals surface area contributed by atoms with Gasteiger partial charge in [-0.1, -0.05) is 238 Å². The summed E-state index contributed by atoms with van der Waals surface area (Å²) in [5.74, 6) is -0.0796. The Bertz CT molecular complexity index is 893. The van der Waals surface area contributed by atoms with Crippen LogP contribution >= 0.6 is 0 Å². The predicted molar refractivity (Wildman–Crippen MR) is 260 cm³/mol. The van der Waals surface area contributed by atoms with E-state index in [0.717, 1.165) is 77.0 Å². The molecule has 356 valence electrons. The third kappa shape index (κ3) is 46.1. The number of rotatable bonds is 50. The number of allylic oxidation sites excluding steroid dienone is 2. The molecule has 0 saturated heterocycles. The number of hydrogen-bond donors (Lipinski definition) is 3. The van der Waals surface area contributed by atoms with Crippen LogP contribution in [0.2, 0.25) is 0 Å². The minimum absolute atomic E-state index is 0.0214. The summed E-state index contributed by atoms with van der Waals surface area (Å²) in [5.41, 5.74) is 0. The molecule has 0 aliphatic rings. The predicted octanol–water partition coefficient (Wildman–Crippen LogP) is 16.1. The van der Waals surface area contributed by atoms with Gasteiger partial charge in [0.25, 0.3) is 0 Å². The average Bonchev–Trinajstić information content (AvgIpc) is 3.25. The third-order valence-corrected chi connectivity index (χ3v) is 12.6. The maximum atomic E-state index is 12.5. The van der Waals surface area contributed by atoms with Crippen molar-refractivity contribution in [2.45, 2.75) is 309 Å². The Labute approximate surface area is 374 Å². The van der Waals surface area contributed by atoms with E-state index in [1.807, 2.05) is 0 Å². The smallest absolute Gasteiger partial charge is 0.305 e. The Morgan fingerprint density at radius 3 is 1.18 bits per heavy atom. The van der Waals surface area contributed by atoms with Gasteiger partial charge < -0.3 is 20.3 Å². The van der Waals surface area contributed by atoms with Crippen molar-refractivity contribution in [1.29, 1.82) is 0 Å². The van der Waals surface area contributed by atoms with Crippen molar-refractivity contribution < 1.29 is 24.5 Å². The highest BCUT2D eigenvalue weighted by Gasteiger charge is 2.20. The number of amides is 1. The summed E-state index contributed by atoms with van der Waals surface area (Å²) in [5, 5.41) is 23.3. The van der Waals surface area contributed by atoms with Crippen molar-refractivity contribution in [2.24, 2.45) is 0 Å². The zero-order valence-corrected chi connectivity index (χ0v) is 40.5. The molecular weight excluding hydrogens is 743 g/mol. The number of carbonyl (C=O) groups is 2. The molecule has 2 atom stereocenters. The summed E-state index contributed by atoms with van der Waals surface area (Å²) in [4.78, 5) is 24.5. The Kier molecular flexibility index (Phi) is 49.1. The largest absolute Gasteiger partial charge is 0.466 e. The first kappa shape index (κ1) is 58.6. The van der Waals surface area contributed by atoms with E-state index in [2.05, 4.69) is 31.3 Å². The van der Waals surface area contributed by atoms with Crippen molar-refractivity contribution in [3.63, 3.8) is 0 Å². The lowest BCUT2D eigenvalue weighted by Gasteiger charge is -2.22. The first-order valence-electron chi connectivity index (χ1n) is 26.9. The zero-order chi connectivity index (χ0) is 43.7. The van der Waals surface area contributed by atoms with Gasteiger partial charge in [0, 0.05) is 12.8 Å². The molecule has 0 saturated carbocycles. The van der Waals surface area contributed by atoms with Gasteiger partial charge >= 0.3 is 5.97 Å². The molecule has 0 fully saturated rings. The fourth-order valence-electron chi connectivity index (χ4n) is 8.40. The molecule has 0 aliphatic carbocycles. The number of aliphatic hydroxyl groups excluding tert-OH is 2. The molecule has 6 heteroatoms. The fraction of sp³-hybridized carbons (Fsp3) is 0.926. The van der Waals surface area contributed by atoms with E-state index < -0.39 is 12.1 Å². The summed E-state index contributed by atoms with van der Waals surface area (Å²) in [7, 11) is 0. The lowest BCUT2D eigenvalue weighted by molar-refractivity contribution is -0.143. The van der Waals surface area contributed by atoms with Crippen molar-refractivity contribution in [1.82, 2.24) is 5.32 Å². The number of ether oxygens (including phenoxy) is 1.